The van der Waals surface area contributed by atoms with Crippen LogP contribution in [0.25, 0.3) is 16.9 Å². The number of halogens is 3. The van der Waals surface area contributed by atoms with Crippen molar-refractivity contribution >= 4 is 26.7 Å². The molecule has 2 aromatic rings. The summed E-state index contributed by atoms with van der Waals surface area (Å²) >= 11 is 0. The lowest BCUT2D eigenvalue weighted by atomic mass is 10.1. The molecule has 0 bridgehead atoms. The molecule has 7 nitrogen and oxygen atoms in total. The average Bonchev–Trinajstić information content (AvgIpc) is 3.43. The first-order chi connectivity index (χ1) is 15.6. The standard InChI is InChI=1S/C22H22F3N5O2S/c1-3-33(31,32)21-18(28-17-10-14(8-9-30(17)21)7-6-13-4-5-13)20-27-16-11-15(22(23,24)25)12-26-19(16)29(20)2/h6-13,17,28H,3-5H2,1-2H3/b7-6+. The van der Waals surface area contributed by atoms with Gasteiger partial charge >= 0.3 is 6.18 Å². The number of rotatable bonds is 5. The first-order valence-corrected chi connectivity index (χ1v) is 12.2. The maximum Gasteiger partial charge on any atom is 0.417 e. The molecule has 33 heavy (non-hydrogen) atoms. The molecule has 1 atom stereocenters. The number of sulfone groups is 1. The third-order valence-corrected chi connectivity index (χ3v) is 7.70. The zero-order chi connectivity index (χ0) is 23.5. The van der Waals surface area contributed by atoms with Crippen LogP contribution in [0.15, 0.2) is 53.4 Å². The maximum absolute atomic E-state index is 13.1. The largest absolute Gasteiger partial charge is 0.417 e. The Labute approximate surface area is 188 Å². The van der Waals surface area contributed by atoms with E-state index in [0.717, 1.165) is 17.8 Å². The molecule has 174 valence electrons. The van der Waals surface area contributed by atoms with Gasteiger partial charge in [-0.1, -0.05) is 19.1 Å². The Morgan fingerprint density at radius 2 is 2.06 bits per heavy atom. The number of allylic oxidation sites excluding steroid dienone is 4. The Hall–Kier alpha value is -3.08. The Morgan fingerprint density at radius 3 is 2.73 bits per heavy atom. The van der Waals surface area contributed by atoms with E-state index < -0.39 is 27.7 Å². The highest BCUT2D eigenvalue weighted by atomic mass is 32.2. The van der Waals surface area contributed by atoms with Gasteiger partial charge in [0.2, 0.25) is 0 Å². The fourth-order valence-corrected chi connectivity index (χ4v) is 5.17. The predicted molar refractivity (Wildman–Crippen MR) is 118 cm³/mol. The molecule has 4 heterocycles. The Balaban J connectivity index is 1.60. The minimum absolute atomic E-state index is 0.0360. The summed E-state index contributed by atoms with van der Waals surface area (Å²) in [5.41, 5.74) is 0.541. The van der Waals surface area contributed by atoms with Crippen molar-refractivity contribution in [3.63, 3.8) is 0 Å². The van der Waals surface area contributed by atoms with Crippen molar-refractivity contribution in [3.8, 4) is 0 Å². The number of hydrogen-bond acceptors (Lipinski definition) is 6. The van der Waals surface area contributed by atoms with Gasteiger partial charge in [-0.05, 0) is 42.6 Å². The summed E-state index contributed by atoms with van der Waals surface area (Å²) in [4.78, 5) is 9.89. The molecule has 1 saturated carbocycles. The number of nitrogens with one attached hydrogen (secondary N) is 1. The quantitative estimate of drug-likeness (QED) is 0.708. The zero-order valence-electron chi connectivity index (χ0n) is 18.0. The number of aryl methyl sites for hydroxylation is 1. The van der Waals surface area contributed by atoms with E-state index in [1.165, 1.54) is 17.4 Å². The number of alkyl halides is 3. The molecule has 0 aromatic carbocycles. The van der Waals surface area contributed by atoms with Crippen LogP contribution >= 0.6 is 0 Å². The molecule has 3 aliphatic rings. The molecular formula is C22H22F3N5O2S. The van der Waals surface area contributed by atoms with Gasteiger partial charge in [-0.3, -0.25) is 0 Å². The molecular weight excluding hydrogens is 455 g/mol. The van der Waals surface area contributed by atoms with Gasteiger partial charge in [-0.15, -0.1) is 0 Å². The number of aromatic nitrogens is 3. The Morgan fingerprint density at radius 1 is 1.30 bits per heavy atom. The van der Waals surface area contributed by atoms with Gasteiger partial charge in [0.1, 0.15) is 17.4 Å². The molecule has 5 rings (SSSR count). The first kappa shape index (κ1) is 21.7. The molecule has 0 saturated heterocycles. The van der Waals surface area contributed by atoms with E-state index >= 15 is 0 Å². The highest BCUT2D eigenvalue weighted by Gasteiger charge is 2.40. The number of imidazole rings is 1. The van der Waals surface area contributed by atoms with Crippen LogP contribution in [0.1, 0.15) is 31.2 Å². The molecule has 1 fully saturated rings. The summed E-state index contributed by atoms with van der Waals surface area (Å²) in [6.07, 6.45) is 7.75. The van der Waals surface area contributed by atoms with Crippen LogP contribution in [0.3, 0.4) is 0 Å². The molecule has 2 aromatic heterocycles. The summed E-state index contributed by atoms with van der Waals surface area (Å²) in [7, 11) is -2.09. The number of nitrogens with zero attached hydrogens (tertiary/aromatic N) is 4. The highest BCUT2D eigenvalue weighted by molar-refractivity contribution is 7.95. The summed E-state index contributed by atoms with van der Waals surface area (Å²) in [5, 5.41) is 3.25. The predicted octanol–water partition coefficient (Wildman–Crippen LogP) is 3.70. The van der Waals surface area contributed by atoms with Gasteiger partial charge in [0.25, 0.3) is 0 Å². The van der Waals surface area contributed by atoms with Crippen molar-refractivity contribution in [2.45, 2.75) is 32.1 Å². The van der Waals surface area contributed by atoms with Gasteiger partial charge in [0.05, 0.1) is 11.3 Å². The zero-order valence-corrected chi connectivity index (χ0v) is 18.8. The van der Waals surface area contributed by atoms with Gasteiger partial charge in [-0.2, -0.15) is 13.2 Å². The smallest absolute Gasteiger partial charge is 0.356 e. The lowest BCUT2D eigenvalue weighted by Gasteiger charge is -2.26. The molecule has 0 radical (unpaired) electrons. The molecule has 0 spiro atoms. The van der Waals surface area contributed by atoms with Gasteiger partial charge in [0, 0.05) is 19.4 Å². The van der Waals surface area contributed by atoms with Crippen LogP contribution in [0.2, 0.25) is 0 Å². The van der Waals surface area contributed by atoms with Crippen LogP contribution in [-0.4, -0.2) is 39.8 Å². The highest BCUT2D eigenvalue weighted by Crippen LogP contribution is 2.37. The number of hydrogen-bond donors (Lipinski definition) is 1. The van der Waals surface area contributed by atoms with Crippen molar-refractivity contribution in [3.05, 3.63) is 64.8 Å². The third-order valence-electron chi connectivity index (χ3n) is 5.94. The Kier molecular flexibility index (Phi) is 4.93. The summed E-state index contributed by atoms with van der Waals surface area (Å²) < 4.78 is 67.0. The molecule has 1 N–H and O–H groups in total. The second-order valence-corrected chi connectivity index (χ2v) is 10.5. The molecule has 11 heteroatoms. The van der Waals surface area contributed by atoms with Crippen molar-refractivity contribution in [2.24, 2.45) is 13.0 Å². The Bertz CT molecular complexity index is 1360. The van der Waals surface area contributed by atoms with Gasteiger partial charge in [-0.25, -0.2) is 18.4 Å². The van der Waals surface area contributed by atoms with E-state index in [2.05, 4.69) is 21.4 Å². The normalized spacial score (nSPS) is 21.2. The lowest BCUT2D eigenvalue weighted by molar-refractivity contribution is -0.137. The van der Waals surface area contributed by atoms with Crippen molar-refractivity contribution < 1.29 is 21.6 Å². The SMILES string of the molecule is CCS(=O)(=O)C1=C(c2nc3cc(C(F)(F)F)cnc3n2C)NC2C=C(/C=C/C3CC3)C=CN12. The summed E-state index contributed by atoms with van der Waals surface area (Å²) in [6, 6.07) is 0.920. The number of pyridine rings is 1. The average molecular weight is 478 g/mol. The van der Waals surface area contributed by atoms with Gasteiger partial charge in [0.15, 0.2) is 26.3 Å². The topological polar surface area (TPSA) is 80.1 Å². The van der Waals surface area contributed by atoms with E-state index in [1.807, 2.05) is 18.2 Å². The van der Waals surface area contributed by atoms with E-state index in [-0.39, 0.29) is 33.5 Å². The van der Waals surface area contributed by atoms with E-state index in [4.69, 9.17) is 0 Å². The van der Waals surface area contributed by atoms with Crippen LogP contribution in [0.4, 0.5) is 13.2 Å². The lowest BCUT2D eigenvalue weighted by Crippen LogP contribution is -2.35. The maximum atomic E-state index is 13.1. The van der Waals surface area contributed by atoms with E-state index in [1.54, 1.807) is 25.1 Å². The molecule has 1 aliphatic carbocycles. The van der Waals surface area contributed by atoms with Crippen molar-refractivity contribution in [1.82, 2.24) is 24.8 Å². The van der Waals surface area contributed by atoms with Crippen molar-refractivity contribution in [2.75, 3.05) is 5.75 Å². The van der Waals surface area contributed by atoms with Crippen molar-refractivity contribution in [1.29, 1.82) is 0 Å². The second-order valence-electron chi connectivity index (χ2n) is 8.32. The molecule has 2 aliphatic heterocycles. The van der Waals surface area contributed by atoms with Crippen LogP contribution in [-0.2, 0) is 23.1 Å². The molecule has 1 unspecified atom stereocenters. The fourth-order valence-electron chi connectivity index (χ4n) is 3.94. The monoisotopic (exact) mass is 477 g/mol. The van der Waals surface area contributed by atoms with E-state index in [0.29, 0.717) is 5.92 Å². The third kappa shape index (κ3) is 3.84. The minimum atomic E-state index is -4.55. The fraction of sp³-hybridized carbons (Fsp3) is 0.364. The van der Waals surface area contributed by atoms with Crippen LogP contribution in [0, 0.1) is 5.92 Å². The van der Waals surface area contributed by atoms with Gasteiger partial charge < -0.3 is 14.8 Å². The van der Waals surface area contributed by atoms with E-state index in [9.17, 15) is 21.6 Å². The minimum Gasteiger partial charge on any atom is -0.356 e. The molecule has 0 amide bonds. The summed E-state index contributed by atoms with van der Waals surface area (Å²) in [5.74, 6) is 0.672. The van der Waals surface area contributed by atoms with Crippen LogP contribution in [0.5, 0.6) is 0 Å². The second kappa shape index (κ2) is 7.47. The van der Waals surface area contributed by atoms with Crippen LogP contribution < -0.4 is 5.32 Å². The summed E-state index contributed by atoms with van der Waals surface area (Å²) in [6.45, 7) is 1.55. The number of fused-ring (bicyclic) bond motifs is 2. The first-order valence-electron chi connectivity index (χ1n) is 10.6.